The van der Waals surface area contributed by atoms with Crippen molar-refractivity contribution < 1.29 is 19.8 Å². The Morgan fingerprint density at radius 3 is 2.72 bits per heavy atom. The molecule has 136 valence electrons. The minimum atomic E-state index is -0.574. The van der Waals surface area contributed by atoms with Crippen molar-refractivity contribution in [2.75, 3.05) is 19.7 Å². The van der Waals surface area contributed by atoms with Crippen molar-refractivity contribution in [3.8, 4) is 5.75 Å². The Labute approximate surface area is 155 Å². The average Bonchev–Trinajstić information content (AvgIpc) is 2.94. The molecule has 2 N–H and O–H groups in total. The molecule has 0 saturated carbocycles. The molecule has 25 heavy (non-hydrogen) atoms. The van der Waals surface area contributed by atoms with Crippen molar-refractivity contribution in [1.29, 1.82) is 0 Å². The number of fused-ring (bicyclic) bond motifs is 1. The summed E-state index contributed by atoms with van der Waals surface area (Å²) < 4.78 is 0. The Morgan fingerprint density at radius 2 is 2.04 bits per heavy atom. The van der Waals surface area contributed by atoms with E-state index in [1.807, 2.05) is 6.92 Å². The van der Waals surface area contributed by atoms with Gasteiger partial charge in [0.1, 0.15) is 12.4 Å². The fraction of sp³-hybridized carbons (Fsp3) is 0.529. The number of hydrogen-bond donors (Lipinski definition) is 2. The maximum atomic E-state index is 12.6. The van der Waals surface area contributed by atoms with E-state index in [0.717, 1.165) is 0 Å². The molecule has 2 aliphatic heterocycles. The number of aliphatic hydroxyl groups is 1. The number of hydrogen-bond acceptors (Lipinski definition) is 4. The van der Waals surface area contributed by atoms with E-state index in [9.17, 15) is 19.8 Å². The minimum absolute atomic E-state index is 0.0362. The highest BCUT2D eigenvalue weighted by atomic mass is 35.5. The fourth-order valence-corrected chi connectivity index (χ4v) is 4.35. The van der Waals surface area contributed by atoms with Crippen LogP contribution in [0.4, 0.5) is 0 Å². The van der Waals surface area contributed by atoms with E-state index in [0.29, 0.717) is 35.1 Å². The number of carbonyl (C=O) groups is 2. The van der Waals surface area contributed by atoms with Gasteiger partial charge in [0.25, 0.3) is 0 Å². The smallest absolute Gasteiger partial charge is 0.248 e. The number of halogens is 2. The van der Waals surface area contributed by atoms with Crippen molar-refractivity contribution in [3.05, 3.63) is 27.7 Å². The lowest BCUT2D eigenvalue weighted by atomic mass is 9.95. The Balaban J connectivity index is 1.89. The van der Waals surface area contributed by atoms with Gasteiger partial charge in [-0.05, 0) is 25.5 Å². The lowest BCUT2D eigenvalue weighted by Crippen LogP contribution is -2.44. The first-order chi connectivity index (χ1) is 11.8. The molecule has 1 aromatic carbocycles. The highest BCUT2D eigenvalue weighted by molar-refractivity contribution is 6.42. The van der Waals surface area contributed by atoms with Crippen LogP contribution in [0.1, 0.15) is 31.2 Å². The van der Waals surface area contributed by atoms with Crippen molar-refractivity contribution in [2.24, 2.45) is 0 Å². The predicted molar refractivity (Wildman–Crippen MR) is 93.9 cm³/mol. The van der Waals surface area contributed by atoms with Gasteiger partial charge in [-0.3, -0.25) is 9.59 Å². The van der Waals surface area contributed by atoms with Gasteiger partial charge in [-0.15, -0.1) is 0 Å². The van der Waals surface area contributed by atoms with E-state index < -0.39 is 6.61 Å². The number of aromatic hydroxyl groups is 1. The average molecular weight is 387 g/mol. The van der Waals surface area contributed by atoms with Crippen molar-refractivity contribution >= 4 is 35.0 Å². The summed E-state index contributed by atoms with van der Waals surface area (Å²) in [6.07, 6.45) is 0.783. The molecular weight excluding hydrogens is 367 g/mol. The molecule has 6 nitrogen and oxygen atoms in total. The van der Waals surface area contributed by atoms with Crippen molar-refractivity contribution in [3.63, 3.8) is 0 Å². The Morgan fingerprint density at radius 1 is 1.32 bits per heavy atom. The van der Waals surface area contributed by atoms with Gasteiger partial charge in [0, 0.05) is 43.1 Å². The summed E-state index contributed by atoms with van der Waals surface area (Å²) in [5.74, 6) is -0.513. The summed E-state index contributed by atoms with van der Waals surface area (Å²) in [7, 11) is 0. The SMILES string of the molecule is C[C@H]1CC(=O)N2C[C@@H](c3c(O)ccc(Cl)c3Cl)C[C@H]2CN1C(=O)CO. The Bertz CT molecular complexity index is 712. The summed E-state index contributed by atoms with van der Waals surface area (Å²) in [5, 5.41) is 20.0. The van der Waals surface area contributed by atoms with Crippen molar-refractivity contribution in [1.82, 2.24) is 9.80 Å². The fourth-order valence-electron chi connectivity index (χ4n) is 3.87. The number of phenolic OH excluding ortho intramolecular Hbond substituents is 1. The van der Waals surface area contributed by atoms with Gasteiger partial charge >= 0.3 is 0 Å². The Hall–Kier alpha value is -1.50. The third-order valence-electron chi connectivity index (χ3n) is 5.12. The molecule has 2 saturated heterocycles. The number of aliphatic hydroxyl groups excluding tert-OH is 1. The first kappa shape index (κ1) is 18.3. The molecule has 2 aliphatic rings. The molecule has 0 aromatic heterocycles. The van der Waals surface area contributed by atoms with Gasteiger partial charge in [0.05, 0.1) is 10.0 Å². The highest BCUT2D eigenvalue weighted by Crippen LogP contribution is 2.43. The number of phenols is 1. The molecule has 2 heterocycles. The van der Waals surface area contributed by atoms with Gasteiger partial charge in [0.15, 0.2) is 0 Å². The van der Waals surface area contributed by atoms with Crippen LogP contribution in [0.15, 0.2) is 12.1 Å². The van der Waals surface area contributed by atoms with Gasteiger partial charge in [0.2, 0.25) is 11.8 Å². The van der Waals surface area contributed by atoms with Gasteiger partial charge in [-0.25, -0.2) is 0 Å². The molecule has 2 amide bonds. The van der Waals surface area contributed by atoms with Crippen LogP contribution < -0.4 is 0 Å². The molecule has 8 heteroatoms. The molecule has 0 bridgehead atoms. The topological polar surface area (TPSA) is 81.1 Å². The quantitative estimate of drug-likeness (QED) is 0.814. The summed E-state index contributed by atoms with van der Waals surface area (Å²) in [4.78, 5) is 27.9. The van der Waals surface area contributed by atoms with Crippen LogP contribution in [0.25, 0.3) is 0 Å². The lowest BCUT2D eigenvalue weighted by Gasteiger charge is -2.28. The van der Waals surface area contributed by atoms with E-state index in [1.165, 1.54) is 12.1 Å². The normalized spacial score (nSPS) is 26.6. The summed E-state index contributed by atoms with van der Waals surface area (Å²) in [6.45, 7) is 2.02. The number of carbonyl (C=O) groups excluding carboxylic acids is 2. The van der Waals surface area contributed by atoms with E-state index in [4.69, 9.17) is 23.2 Å². The maximum Gasteiger partial charge on any atom is 0.248 e. The highest BCUT2D eigenvalue weighted by Gasteiger charge is 2.42. The van der Waals surface area contributed by atoms with Crippen LogP contribution in [-0.2, 0) is 9.59 Å². The molecular formula is C17H20Cl2N2O4. The van der Waals surface area contributed by atoms with E-state index in [-0.39, 0.29) is 42.0 Å². The van der Waals surface area contributed by atoms with E-state index in [1.54, 1.807) is 9.80 Å². The van der Waals surface area contributed by atoms with E-state index >= 15 is 0 Å². The largest absolute Gasteiger partial charge is 0.508 e. The van der Waals surface area contributed by atoms with Crippen LogP contribution in [0.2, 0.25) is 10.0 Å². The predicted octanol–water partition coefficient (Wildman–Crippen LogP) is 2.00. The van der Waals surface area contributed by atoms with Crippen LogP contribution in [0, 0.1) is 0 Å². The number of rotatable bonds is 2. The second kappa shape index (κ2) is 7.02. The zero-order valence-electron chi connectivity index (χ0n) is 13.8. The van der Waals surface area contributed by atoms with Gasteiger partial charge in [-0.2, -0.15) is 0 Å². The van der Waals surface area contributed by atoms with Crippen LogP contribution in [0.5, 0.6) is 5.75 Å². The van der Waals surface area contributed by atoms with Crippen molar-refractivity contribution in [2.45, 2.75) is 37.8 Å². The molecule has 3 atom stereocenters. The van der Waals surface area contributed by atoms with Crippen LogP contribution in [-0.4, -0.2) is 63.6 Å². The zero-order chi connectivity index (χ0) is 18.3. The molecule has 0 radical (unpaired) electrons. The minimum Gasteiger partial charge on any atom is -0.508 e. The van der Waals surface area contributed by atoms with Gasteiger partial charge in [-0.1, -0.05) is 23.2 Å². The second-order valence-corrected chi connectivity index (χ2v) is 7.47. The van der Waals surface area contributed by atoms with Crippen LogP contribution >= 0.6 is 23.2 Å². The monoisotopic (exact) mass is 386 g/mol. The zero-order valence-corrected chi connectivity index (χ0v) is 15.3. The summed E-state index contributed by atoms with van der Waals surface area (Å²) >= 11 is 12.3. The molecule has 0 spiro atoms. The molecule has 1 aromatic rings. The lowest BCUT2D eigenvalue weighted by molar-refractivity contribution is -0.136. The third kappa shape index (κ3) is 3.30. The molecule has 0 unspecified atom stereocenters. The maximum absolute atomic E-state index is 12.6. The number of amides is 2. The van der Waals surface area contributed by atoms with Gasteiger partial charge < -0.3 is 20.0 Å². The second-order valence-electron chi connectivity index (χ2n) is 6.68. The Kier molecular flexibility index (Phi) is 5.14. The van der Waals surface area contributed by atoms with Crippen LogP contribution in [0.3, 0.4) is 0 Å². The number of benzene rings is 1. The first-order valence-electron chi connectivity index (χ1n) is 8.20. The summed E-state index contributed by atoms with van der Waals surface area (Å²) in [5.41, 5.74) is 0.545. The standard InChI is InChI=1S/C17H20Cl2N2O4/c1-9-4-14(24)21-6-10(5-11(21)7-20(9)15(25)8-22)16-13(23)3-2-12(18)17(16)19/h2-3,9-11,22-23H,4-8H2,1H3/t9-,10-,11-/m0/s1. The summed E-state index contributed by atoms with van der Waals surface area (Å²) in [6, 6.07) is 2.61. The molecule has 3 rings (SSSR count). The molecule has 2 fully saturated rings. The van der Waals surface area contributed by atoms with E-state index in [2.05, 4.69) is 0 Å². The molecule has 0 aliphatic carbocycles. The third-order valence-corrected chi connectivity index (χ3v) is 5.94. The number of nitrogens with zero attached hydrogens (tertiary/aromatic N) is 2. The first-order valence-corrected chi connectivity index (χ1v) is 8.95.